The highest BCUT2D eigenvalue weighted by Gasteiger charge is 2.01. The summed E-state index contributed by atoms with van der Waals surface area (Å²) in [6, 6.07) is 7.54. The topological polar surface area (TPSA) is 91.4 Å². The minimum Gasteiger partial charge on any atom is -0.373 e. The molecule has 90 valence electrons. The zero-order valence-corrected chi connectivity index (χ0v) is 9.68. The van der Waals surface area contributed by atoms with Crippen molar-refractivity contribution in [2.24, 2.45) is 0 Å². The van der Waals surface area contributed by atoms with Gasteiger partial charge in [-0.2, -0.15) is 15.4 Å². The van der Waals surface area contributed by atoms with Gasteiger partial charge in [-0.3, -0.25) is 0 Å². The predicted molar refractivity (Wildman–Crippen MR) is 68.8 cm³/mol. The van der Waals surface area contributed by atoms with E-state index in [2.05, 4.69) is 36.0 Å². The Hall–Kier alpha value is -2.70. The fourth-order valence-corrected chi connectivity index (χ4v) is 1.63. The van der Waals surface area contributed by atoms with E-state index in [0.29, 0.717) is 0 Å². The lowest BCUT2D eigenvalue weighted by molar-refractivity contribution is 0.959. The summed E-state index contributed by atoms with van der Waals surface area (Å²) in [6.45, 7) is 0. The molecule has 1 aromatic carbocycles. The summed E-state index contributed by atoms with van der Waals surface area (Å²) in [5.41, 5.74) is 2.54. The second kappa shape index (κ2) is 4.28. The molecule has 2 heterocycles. The molecule has 0 saturated heterocycles. The van der Waals surface area contributed by atoms with Crippen molar-refractivity contribution >= 4 is 28.4 Å². The van der Waals surface area contributed by atoms with E-state index in [-0.39, 0.29) is 0 Å². The third-order valence-corrected chi connectivity index (χ3v) is 2.51. The Balaban J connectivity index is 1.90. The van der Waals surface area contributed by atoms with Crippen LogP contribution in [0.25, 0.3) is 11.0 Å². The quantitative estimate of drug-likeness (QED) is 0.644. The summed E-state index contributed by atoms with van der Waals surface area (Å²) < 4.78 is 0. The number of fused-ring (bicyclic) bond motifs is 1. The highest BCUT2D eigenvalue weighted by atomic mass is 15.3. The average Bonchev–Trinajstić information content (AvgIpc) is 2.86. The second-order valence-electron chi connectivity index (χ2n) is 3.69. The van der Waals surface area contributed by atoms with Crippen molar-refractivity contribution in [1.29, 1.82) is 0 Å². The standard InChI is InChI=1S/C11H11N7/c1-12-10-5-11(14-6-13-10)15-7-2-3-8-9(4-7)17-18-16-8/h2-6H,1H3,(H,16,17,18)(H2,12,13,14,15). The third kappa shape index (κ3) is 1.93. The van der Waals surface area contributed by atoms with Crippen molar-refractivity contribution < 1.29 is 0 Å². The first kappa shape index (κ1) is 10.5. The number of aromatic amines is 1. The van der Waals surface area contributed by atoms with E-state index in [4.69, 9.17) is 0 Å². The summed E-state index contributed by atoms with van der Waals surface area (Å²) in [6.07, 6.45) is 1.50. The number of hydrogen-bond acceptors (Lipinski definition) is 6. The fraction of sp³-hybridized carbons (Fsp3) is 0.0909. The molecular weight excluding hydrogens is 230 g/mol. The number of nitrogens with zero attached hydrogens (tertiary/aromatic N) is 4. The van der Waals surface area contributed by atoms with Crippen LogP contribution >= 0.6 is 0 Å². The summed E-state index contributed by atoms with van der Waals surface area (Å²) in [5.74, 6) is 1.48. The number of anilines is 3. The fourth-order valence-electron chi connectivity index (χ4n) is 1.63. The number of benzene rings is 1. The maximum absolute atomic E-state index is 4.14. The lowest BCUT2D eigenvalue weighted by Crippen LogP contribution is -1.97. The summed E-state index contributed by atoms with van der Waals surface area (Å²) in [7, 11) is 1.81. The van der Waals surface area contributed by atoms with Gasteiger partial charge in [0.15, 0.2) is 0 Å². The van der Waals surface area contributed by atoms with Crippen LogP contribution in [0.3, 0.4) is 0 Å². The molecule has 2 aromatic heterocycles. The van der Waals surface area contributed by atoms with Crippen LogP contribution in [0, 0.1) is 0 Å². The van der Waals surface area contributed by atoms with Gasteiger partial charge >= 0.3 is 0 Å². The van der Waals surface area contributed by atoms with Crippen molar-refractivity contribution in [3.63, 3.8) is 0 Å². The Labute approximate surface area is 103 Å². The van der Waals surface area contributed by atoms with Crippen LogP contribution in [0.1, 0.15) is 0 Å². The van der Waals surface area contributed by atoms with Crippen LogP contribution in [0.15, 0.2) is 30.6 Å². The monoisotopic (exact) mass is 241 g/mol. The van der Waals surface area contributed by atoms with Gasteiger partial charge in [0, 0.05) is 18.8 Å². The van der Waals surface area contributed by atoms with Crippen LogP contribution in [0.5, 0.6) is 0 Å². The molecule has 0 radical (unpaired) electrons. The first-order chi connectivity index (χ1) is 8.85. The molecule has 0 fully saturated rings. The average molecular weight is 241 g/mol. The largest absolute Gasteiger partial charge is 0.373 e. The molecule has 0 saturated carbocycles. The van der Waals surface area contributed by atoms with Gasteiger partial charge in [-0.25, -0.2) is 9.97 Å². The van der Waals surface area contributed by atoms with E-state index in [1.165, 1.54) is 6.33 Å². The first-order valence-corrected chi connectivity index (χ1v) is 5.42. The molecule has 0 amide bonds. The molecule has 0 aliphatic carbocycles. The van der Waals surface area contributed by atoms with E-state index in [9.17, 15) is 0 Å². The highest BCUT2D eigenvalue weighted by Crippen LogP contribution is 2.19. The van der Waals surface area contributed by atoms with Crippen molar-refractivity contribution in [2.45, 2.75) is 0 Å². The molecule has 0 aliphatic rings. The van der Waals surface area contributed by atoms with E-state index >= 15 is 0 Å². The van der Waals surface area contributed by atoms with Crippen LogP contribution in [0.2, 0.25) is 0 Å². The summed E-state index contributed by atoms with van der Waals surface area (Å²) in [5, 5.41) is 16.8. The number of H-pyrrole nitrogens is 1. The minimum atomic E-state index is 0.720. The van der Waals surface area contributed by atoms with Crippen molar-refractivity contribution in [1.82, 2.24) is 25.4 Å². The molecule has 3 N–H and O–H groups in total. The number of nitrogens with one attached hydrogen (secondary N) is 3. The lowest BCUT2D eigenvalue weighted by Gasteiger charge is -2.06. The van der Waals surface area contributed by atoms with Crippen LogP contribution < -0.4 is 10.6 Å². The van der Waals surface area contributed by atoms with Gasteiger partial charge in [-0.1, -0.05) is 0 Å². The van der Waals surface area contributed by atoms with Gasteiger partial charge in [0.1, 0.15) is 29.0 Å². The number of aromatic nitrogens is 5. The molecule has 0 spiro atoms. The molecule has 0 aliphatic heterocycles. The summed E-state index contributed by atoms with van der Waals surface area (Å²) in [4.78, 5) is 8.20. The Morgan fingerprint density at radius 2 is 1.83 bits per heavy atom. The highest BCUT2D eigenvalue weighted by molar-refractivity contribution is 5.79. The van der Waals surface area contributed by atoms with E-state index in [1.54, 1.807) is 0 Å². The maximum Gasteiger partial charge on any atom is 0.135 e. The smallest absolute Gasteiger partial charge is 0.135 e. The van der Waals surface area contributed by atoms with Crippen molar-refractivity contribution in [3.05, 3.63) is 30.6 Å². The van der Waals surface area contributed by atoms with Gasteiger partial charge in [-0.15, -0.1) is 0 Å². The van der Waals surface area contributed by atoms with Crippen LogP contribution in [-0.2, 0) is 0 Å². The van der Waals surface area contributed by atoms with Crippen LogP contribution in [0.4, 0.5) is 17.3 Å². The van der Waals surface area contributed by atoms with Gasteiger partial charge < -0.3 is 10.6 Å². The van der Waals surface area contributed by atoms with Crippen LogP contribution in [-0.4, -0.2) is 32.4 Å². The van der Waals surface area contributed by atoms with E-state index in [0.717, 1.165) is 28.4 Å². The van der Waals surface area contributed by atoms with Crippen molar-refractivity contribution in [3.8, 4) is 0 Å². The zero-order chi connectivity index (χ0) is 12.4. The molecule has 0 atom stereocenters. The number of rotatable bonds is 3. The minimum absolute atomic E-state index is 0.720. The van der Waals surface area contributed by atoms with E-state index in [1.807, 2.05) is 31.3 Å². The third-order valence-electron chi connectivity index (χ3n) is 2.51. The molecule has 0 bridgehead atoms. The molecule has 7 heteroatoms. The maximum atomic E-state index is 4.14. The number of hydrogen-bond donors (Lipinski definition) is 3. The zero-order valence-electron chi connectivity index (χ0n) is 9.68. The molecular formula is C11H11N7. The molecule has 3 rings (SSSR count). The normalized spacial score (nSPS) is 10.5. The van der Waals surface area contributed by atoms with E-state index < -0.39 is 0 Å². The Morgan fingerprint density at radius 3 is 2.72 bits per heavy atom. The SMILES string of the molecule is CNc1cc(Nc2ccc3n[nH]nc3c2)ncn1. The van der Waals surface area contributed by atoms with Crippen molar-refractivity contribution in [2.75, 3.05) is 17.7 Å². The van der Waals surface area contributed by atoms with Gasteiger partial charge in [0.05, 0.1) is 0 Å². The molecule has 0 unspecified atom stereocenters. The van der Waals surface area contributed by atoms with Gasteiger partial charge in [0.2, 0.25) is 0 Å². The predicted octanol–water partition coefficient (Wildman–Crippen LogP) is 1.53. The molecule has 3 aromatic rings. The molecule has 18 heavy (non-hydrogen) atoms. The Bertz CT molecular complexity index is 676. The van der Waals surface area contributed by atoms with Gasteiger partial charge in [-0.05, 0) is 18.2 Å². The molecule has 7 nitrogen and oxygen atoms in total. The first-order valence-electron chi connectivity index (χ1n) is 5.42. The lowest BCUT2D eigenvalue weighted by atomic mass is 10.3. The Kier molecular flexibility index (Phi) is 2.49. The van der Waals surface area contributed by atoms with Gasteiger partial charge in [0.25, 0.3) is 0 Å². The Morgan fingerprint density at radius 1 is 1.00 bits per heavy atom. The summed E-state index contributed by atoms with van der Waals surface area (Å²) >= 11 is 0. The second-order valence-corrected chi connectivity index (χ2v) is 3.69.